The first-order valence-corrected chi connectivity index (χ1v) is 7.19. The molecule has 2 aromatic rings. The van der Waals surface area contributed by atoms with Crippen LogP contribution in [-0.2, 0) is 4.79 Å². The standard InChI is InChI=1S/C18H19FN2O2/c1-13(2)12-23-17-9-7-15(8-10-17)20-11-18(22)21-16-5-3-14(19)4-6-16/h3-10,20H,1,11-12H2,2H3,(H,21,22). The van der Waals surface area contributed by atoms with Crippen molar-refractivity contribution in [2.75, 3.05) is 23.8 Å². The van der Waals surface area contributed by atoms with Crippen molar-refractivity contribution in [1.29, 1.82) is 0 Å². The number of hydrogen-bond donors (Lipinski definition) is 2. The third-order valence-electron chi connectivity index (χ3n) is 2.92. The number of carbonyl (C=O) groups excluding carboxylic acids is 1. The van der Waals surface area contributed by atoms with Crippen molar-refractivity contribution in [1.82, 2.24) is 0 Å². The summed E-state index contributed by atoms with van der Waals surface area (Å²) in [6.07, 6.45) is 0. The van der Waals surface area contributed by atoms with Gasteiger partial charge in [0, 0.05) is 11.4 Å². The van der Waals surface area contributed by atoms with Crippen molar-refractivity contribution < 1.29 is 13.9 Å². The molecule has 0 spiro atoms. The lowest BCUT2D eigenvalue weighted by atomic mass is 10.3. The minimum absolute atomic E-state index is 0.114. The minimum Gasteiger partial charge on any atom is -0.489 e. The summed E-state index contributed by atoms with van der Waals surface area (Å²) in [5.74, 6) is 0.198. The van der Waals surface area contributed by atoms with Crippen molar-refractivity contribution >= 4 is 17.3 Å². The summed E-state index contributed by atoms with van der Waals surface area (Å²) in [7, 11) is 0. The van der Waals surface area contributed by atoms with Gasteiger partial charge in [0.2, 0.25) is 5.91 Å². The zero-order chi connectivity index (χ0) is 16.7. The van der Waals surface area contributed by atoms with Crippen LogP contribution in [0.3, 0.4) is 0 Å². The third-order valence-corrected chi connectivity index (χ3v) is 2.92. The fraction of sp³-hybridized carbons (Fsp3) is 0.167. The van der Waals surface area contributed by atoms with Gasteiger partial charge in [-0.15, -0.1) is 0 Å². The molecule has 23 heavy (non-hydrogen) atoms. The first-order valence-electron chi connectivity index (χ1n) is 7.19. The molecule has 5 heteroatoms. The van der Waals surface area contributed by atoms with E-state index in [1.807, 2.05) is 31.2 Å². The fourth-order valence-electron chi connectivity index (χ4n) is 1.80. The van der Waals surface area contributed by atoms with Crippen LogP contribution in [0.2, 0.25) is 0 Å². The number of ether oxygens (including phenoxy) is 1. The van der Waals surface area contributed by atoms with Gasteiger partial charge in [0.1, 0.15) is 18.2 Å². The topological polar surface area (TPSA) is 50.4 Å². The van der Waals surface area contributed by atoms with Crippen LogP contribution in [-0.4, -0.2) is 19.1 Å². The molecule has 1 amide bonds. The number of amides is 1. The van der Waals surface area contributed by atoms with Crippen LogP contribution >= 0.6 is 0 Å². The highest BCUT2D eigenvalue weighted by Gasteiger charge is 2.03. The first-order chi connectivity index (χ1) is 11.0. The SMILES string of the molecule is C=C(C)COc1ccc(NCC(=O)Nc2ccc(F)cc2)cc1. The quantitative estimate of drug-likeness (QED) is 0.764. The molecule has 2 N–H and O–H groups in total. The molecule has 0 radical (unpaired) electrons. The molecule has 0 saturated carbocycles. The number of hydrogen-bond acceptors (Lipinski definition) is 3. The maximum atomic E-state index is 12.8. The van der Waals surface area contributed by atoms with Crippen LogP contribution in [0.1, 0.15) is 6.92 Å². The second-order valence-electron chi connectivity index (χ2n) is 5.18. The monoisotopic (exact) mass is 314 g/mol. The number of rotatable bonds is 7. The highest BCUT2D eigenvalue weighted by molar-refractivity contribution is 5.93. The second kappa shape index (κ2) is 7.98. The van der Waals surface area contributed by atoms with Gasteiger partial charge in [-0.1, -0.05) is 6.58 Å². The summed E-state index contributed by atoms with van der Waals surface area (Å²) in [5, 5.41) is 5.69. The number of anilines is 2. The second-order valence-corrected chi connectivity index (χ2v) is 5.18. The lowest BCUT2D eigenvalue weighted by molar-refractivity contribution is -0.114. The van der Waals surface area contributed by atoms with E-state index in [0.29, 0.717) is 12.3 Å². The van der Waals surface area contributed by atoms with Gasteiger partial charge >= 0.3 is 0 Å². The molecule has 0 aromatic heterocycles. The maximum absolute atomic E-state index is 12.8. The predicted molar refractivity (Wildman–Crippen MR) is 90.3 cm³/mol. The molecule has 0 aliphatic heterocycles. The lowest BCUT2D eigenvalue weighted by Gasteiger charge is -2.09. The Morgan fingerprint density at radius 2 is 1.70 bits per heavy atom. The average Bonchev–Trinajstić information content (AvgIpc) is 2.54. The van der Waals surface area contributed by atoms with E-state index < -0.39 is 0 Å². The number of carbonyl (C=O) groups is 1. The highest BCUT2D eigenvalue weighted by Crippen LogP contribution is 2.16. The molecule has 0 aliphatic rings. The van der Waals surface area contributed by atoms with Crippen LogP contribution < -0.4 is 15.4 Å². The molecule has 0 saturated heterocycles. The number of halogens is 1. The molecule has 0 fully saturated rings. The molecule has 2 rings (SSSR count). The summed E-state index contributed by atoms with van der Waals surface area (Å²) < 4.78 is 18.3. The summed E-state index contributed by atoms with van der Waals surface area (Å²) in [4.78, 5) is 11.8. The molecule has 0 aliphatic carbocycles. The van der Waals surface area contributed by atoms with Crippen molar-refractivity contribution in [2.24, 2.45) is 0 Å². The van der Waals surface area contributed by atoms with Gasteiger partial charge in [-0.3, -0.25) is 4.79 Å². The molecule has 0 atom stereocenters. The van der Waals surface area contributed by atoms with Gasteiger partial charge in [-0.2, -0.15) is 0 Å². The van der Waals surface area contributed by atoms with Gasteiger partial charge in [-0.25, -0.2) is 4.39 Å². The molecule has 0 heterocycles. The largest absolute Gasteiger partial charge is 0.489 e. The number of nitrogens with one attached hydrogen (secondary N) is 2. The summed E-state index contributed by atoms with van der Waals surface area (Å²) in [6.45, 7) is 6.27. The molecule has 120 valence electrons. The molecule has 4 nitrogen and oxygen atoms in total. The zero-order valence-electron chi connectivity index (χ0n) is 12.9. The Morgan fingerprint density at radius 1 is 1.09 bits per heavy atom. The summed E-state index contributed by atoms with van der Waals surface area (Å²) in [5.41, 5.74) is 2.31. The Hall–Kier alpha value is -2.82. The smallest absolute Gasteiger partial charge is 0.243 e. The predicted octanol–water partition coefficient (Wildman–Crippen LogP) is 3.83. The van der Waals surface area contributed by atoms with Crippen LogP contribution in [0.4, 0.5) is 15.8 Å². The Kier molecular flexibility index (Phi) is 5.74. The minimum atomic E-state index is -0.338. The molecule has 0 bridgehead atoms. The van der Waals surface area contributed by atoms with Crippen LogP contribution in [0.15, 0.2) is 60.7 Å². The Bertz CT molecular complexity index is 666. The van der Waals surface area contributed by atoms with Gasteiger partial charge in [0.15, 0.2) is 0 Å². The number of benzene rings is 2. The normalized spacial score (nSPS) is 10.0. The molecule has 2 aromatic carbocycles. The van der Waals surface area contributed by atoms with Crippen molar-refractivity contribution in [2.45, 2.75) is 6.92 Å². The van der Waals surface area contributed by atoms with E-state index in [9.17, 15) is 9.18 Å². The van der Waals surface area contributed by atoms with Crippen molar-refractivity contribution in [3.8, 4) is 5.75 Å². The van der Waals surface area contributed by atoms with E-state index in [1.54, 1.807) is 0 Å². The van der Waals surface area contributed by atoms with Crippen LogP contribution in [0.5, 0.6) is 5.75 Å². The van der Waals surface area contributed by atoms with E-state index in [0.717, 1.165) is 17.0 Å². The van der Waals surface area contributed by atoms with Crippen LogP contribution in [0.25, 0.3) is 0 Å². The first kappa shape index (κ1) is 16.5. The maximum Gasteiger partial charge on any atom is 0.243 e. The summed E-state index contributed by atoms with van der Waals surface area (Å²) >= 11 is 0. The Labute approximate surface area is 135 Å². The fourth-order valence-corrected chi connectivity index (χ4v) is 1.80. The van der Waals surface area contributed by atoms with Gasteiger partial charge in [0.05, 0.1) is 6.54 Å². The van der Waals surface area contributed by atoms with Gasteiger partial charge < -0.3 is 15.4 Å². The van der Waals surface area contributed by atoms with Crippen molar-refractivity contribution in [3.63, 3.8) is 0 Å². The lowest BCUT2D eigenvalue weighted by Crippen LogP contribution is -2.21. The molecule has 0 unspecified atom stereocenters. The van der Waals surface area contributed by atoms with Crippen LogP contribution in [0, 0.1) is 5.82 Å². The van der Waals surface area contributed by atoms with E-state index >= 15 is 0 Å². The zero-order valence-corrected chi connectivity index (χ0v) is 12.9. The Morgan fingerprint density at radius 3 is 2.30 bits per heavy atom. The van der Waals surface area contributed by atoms with E-state index in [2.05, 4.69) is 17.2 Å². The van der Waals surface area contributed by atoms with Gasteiger partial charge in [-0.05, 0) is 61.0 Å². The molecular formula is C18H19FN2O2. The van der Waals surface area contributed by atoms with E-state index in [1.165, 1.54) is 24.3 Å². The van der Waals surface area contributed by atoms with E-state index in [-0.39, 0.29) is 18.3 Å². The molecular weight excluding hydrogens is 295 g/mol. The summed E-state index contributed by atoms with van der Waals surface area (Å²) in [6, 6.07) is 12.9. The average molecular weight is 314 g/mol. The van der Waals surface area contributed by atoms with E-state index in [4.69, 9.17) is 4.74 Å². The van der Waals surface area contributed by atoms with Gasteiger partial charge in [0.25, 0.3) is 0 Å². The highest BCUT2D eigenvalue weighted by atomic mass is 19.1. The van der Waals surface area contributed by atoms with Crippen molar-refractivity contribution in [3.05, 3.63) is 66.5 Å². The third kappa shape index (κ3) is 5.82. The Balaban J connectivity index is 1.79.